The molecule has 0 atom stereocenters. The molecule has 0 unspecified atom stereocenters. The van der Waals surface area contributed by atoms with Crippen molar-refractivity contribution >= 4 is 27.5 Å². The van der Waals surface area contributed by atoms with E-state index in [4.69, 9.17) is 0 Å². The molecule has 2 aromatic heterocycles. The number of rotatable bonds is 1. The topological polar surface area (TPSA) is 30.2 Å². The lowest BCUT2D eigenvalue weighted by Crippen LogP contribution is -1.89. The molecule has 0 spiro atoms. The average molecular weight is 203 g/mol. The van der Waals surface area contributed by atoms with Gasteiger partial charge in [-0.05, 0) is 12.1 Å². The summed E-state index contributed by atoms with van der Waals surface area (Å²) in [6.45, 7) is 2.11. The van der Waals surface area contributed by atoms with Crippen molar-refractivity contribution in [2.45, 2.75) is 13.3 Å². The van der Waals surface area contributed by atoms with Gasteiger partial charge in [-0.1, -0.05) is 19.1 Å². The smallest absolute Gasteiger partial charge is 0.214 e. The van der Waals surface area contributed by atoms with E-state index in [2.05, 4.69) is 26.7 Å². The molecule has 0 radical (unpaired) electrons. The molecule has 3 nitrogen and oxygen atoms in total. The van der Waals surface area contributed by atoms with Gasteiger partial charge in [-0.2, -0.15) is 4.37 Å². The number of fused-ring (bicyclic) bond motifs is 3. The number of nitrogens with zero attached hydrogens (tertiary/aromatic N) is 3. The summed E-state index contributed by atoms with van der Waals surface area (Å²) < 4.78 is 6.50. The highest BCUT2D eigenvalue weighted by molar-refractivity contribution is 7.11. The molecule has 4 heteroatoms. The number of aromatic nitrogens is 3. The third-order valence-electron chi connectivity index (χ3n) is 2.34. The lowest BCUT2D eigenvalue weighted by molar-refractivity contribution is 0.964. The van der Waals surface area contributed by atoms with Crippen LogP contribution < -0.4 is 0 Å². The van der Waals surface area contributed by atoms with Crippen LogP contribution in [0.4, 0.5) is 0 Å². The van der Waals surface area contributed by atoms with E-state index in [0.29, 0.717) is 0 Å². The van der Waals surface area contributed by atoms with Crippen LogP contribution in [0.2, 0.25) is 0 Å². The zero-order valence-corrected chi connectivity index (χ0v) is 8.58. The first kappa shape index (κ1) is 7.94. The van der Waals surface area contributed by atoms with Crippen LogP contribution in [-0.4, -0.2) is 13.8 Å². The summed E-state index contributed by atoms with van der Waals surface area (Å²) in [4.78, 5) is 5.49. The van der Waals surface area contributed by atoms with Gasteiger partial charge in [0.2, 0.25) is 4.96 Å². The number of benzene rings is 1. The zero-order valence-electron chi connectivity index (χ0n) is 7.77. The largest absolute Gasteiger partial charge is 0.270 e. The first-order chi connectivity index (χ1) is 6.90. The Balaban J connectivity index is 2.54. The van der Waals surface area contributed by atoms with E-state index < -0.39 is 0 Å². The fourth-order valence-electron chi connectivity index (χ4n) is 1.67. The Hall–Kier alpha value is -1.42. The van der Waals surface area contributed by atoms with Crippen molar-refractivity contribution in [3.8, 4) is 0 Å². The molecular formula is C10H9N3S. The highest BCUT2D eigenvalue weighted by Gasteiger charge is 2.09. The predicted molar refractivity (Wildman–Crippen MR) is 57.7 cm³/mol. The maximum Gasteiger partial charge on any atom is 0.214 e. The summed E-state index contributed by atoms with van der Waals surface area (Å²) in [5.41, 5.74) is 2.21. The van der Waals surface area contributed by atoms with Gasteiger partial charge < -0.3 is 0 Å². The van der Waals surface area contributed by atoms with Crippen molar-refractivity contribution in [2.75, 3.05) is 0 Å². The van der Waals surface area contributed by atoms with E-state index in [9.17, 15) is 0 Å². The second kappa shape index (κ2) is 2.78. The standard InChI is InChI=1S/C10H9N3S/c1-2-9-12-14-10-11-7-5-3-4-6-8(7)13(9)10/h3-6H,2H2,1H3. The van der Waals surface area contributed by atoms with E-state index in [1.807, 2.05) is 18.2 Å². The third kappa shape index (κ3) is 0.915. The van der Waals surface area contributed by atoms with Gasteiger partial charge in [0.05, 0.1) is 11.0 Å². The van der Waals surface area contributed by atoms with Crippen LogP contribution in [0.25, 0.3) is 16.0 Å². The minimum Gasteiger partial charge on any atom is -0.270 e. The lowest BCUT2D eigenvalue weighted by Gasteiger charge is -1.93. The van der Waals surface area contributed by atoms with Crippen molar-refractivity contribution in [1.29, 1.82) is 0 Å². The summed E-state index contributed by atoms with van der Waals surface area (Å²) in [5.74, 6) is 1.10. The van der Waals surface area contributed by atoms with Gasteiger partial charge in [-0.15, -0.1) is 0 Å². The molecule has 0 aliphatic rings. The Morgan fingerprint density at radius 3 is 3.07 bits per heavy atom. The van der Waals surface area contributed by atoms with Crippen molar-refractivity contribution in [2.24, 2.45) is 0 Å². The fraction of sp³-hybridized carbons (Fsp3) is 0.200. The van der Waals surface area contributed by atoms with Crippen LogP contribution in [0.15, 0.2) is 24.3 Å². The maximum absolute atomic E-state index is 4.50. The van der Waals surface area contributed by atoms with Crippen LogP contribution in [0.1, 0.15) is 12.7 Å². The lowest BCUT2D eigenvalue weighted by atomic mass is 10.3. The van der Waals surface area contributed by atoms with Gasteiger partial charge in [-0.25, -0.2) is 4.98 Å². The van der Waals surface area contributed by atoms with Gasteiger partial charge in [0.15, 0.2) is 0 Å². The minimum atomic E-state index is 0.945. The van der Waals surface area contributed by atoms with Gasteiger partial charge >= 0.3 is 0 Å². The van der Waals surface area contributed by atoms with E-state index >= 15 is 0 Å². The second-order valence-corrected chi connectivity index (χ2v) is 3.90. The Morgan fingerprint density at radius 1 is 1.36 bits per heavy atom. The Kier molecular flexibility index (Phi) is 1.58. The van der Waals surface area contributed by atoms with Gasteiger partial charge in [0.25, 0.3) is 0 Å². The fourth-order valence-corrected chi connectivity index (χ4v) is 2.49. The molecule has 0 aliphatic heterocycles. The first-order valence-electron chi connectivity index (χ1n) is 4.62. The van der Waals surface area contributed by atoms with E-state index in [0.717, 1.165) is 28.2 Å². The molecule has 0 saturated carbocycles. The third-order valence-corrected chi connectivity index (χ3v) is 3.08. The predicted octanol–water partition coefficient (Wildman–Crippen LogP) is 2.51. The molecule has 0 bridgehead atoms. The van der Waals surface area contributed by atoms with Crippen molar-refractivity contribution in [3.05, 3.63) is 30.1 Å². The molecule has 0 aliphatic carbocycles. The highest BCUT2D eigenvalue weighted by atomic mass is 32.1. The quantitative estimate of drug-likeness (QED) is 0.608. The highest BCUT2D eigenvalue weighted by Crippen LogP contribution is 2.20. The molecule has 0 N–H and O–H groups in total. The number of imidazole rings is 1. The molecule has 0 saturated heterocycles. The van der Waals surface area contributed by atoms with E-state index in [1.165, 1.54) is 11.5 Å². The molecule has 1 aromatic carbocycles. The molecule has 70 valence electrons. The Bertz CT molecular complexity index is 593. The summed E-state index contributed by atoms with van der Waals surface area (Å²) in [7, 11) is 0. The molecule has 3 aromatic rings. The molecule has 0 fully saturated rings. The van der Waals surface area contributed by atoms with Crippen LogP contribution in [-0.2, 0) is 6.42 Å². The van der Waals surface area contributed by atoms with Gasteiger partial charge in [0, 0.05) is 18.0 Å². The summed E-state index contributed by atoms with van der Waals surface area (Å²) in [6.07, 6.45) is 0.945. The summed E-state index contributed by atoms with van der Waals surface area (Å²) in [6, 6.07) is 8.17. The number of aryl methyl sites for hydroxylation is 1. The number of hydrogen-bond acceptors (Lipinski definition) is 3. The van der Waals surface area contributed by atoms with Crippen LogP contribution >= 0.6 is 11.5 Å². The molecule has 2 heterocycles. The van der Waals surface area contributed by atoms with E-state index in [-0.39, 0.29) is 0 Å². The van der Waals surface area contributed by atoms with Crippen molar-refractivity contribution in [1.82, 2.24) is 13.8 Å². The number of para-hydroxylation sites is 2. The molecule has 14 heavy (non-hydrogen) atoms. The SMILES string of the molecule is CCc1nsc2nc3ccccc3n12. The minimum absolute atomic E-state index is 0.945. The van der Waals surface area contributed by atoms with Crippen molar-refractivity contribution < 1.29 is 0 Å². The zero-order chi connectivity index (χ0) is 9.54. The summed E-state index contributed by atoms with van der Waals surface area (Å²) in [5, 5.41) is 0. The summed E-state index contributed by atoms with van der Waals surface area (Å²) >= 11 is 1.47. The number of hydrogen-bond donors (Lipinski definition) is 0. The monoisotopic (exact) mass is 203 g/mol. The molecule has 3 rings (SSSR count). The van der Waals surface area contributed by atoms with Gasteiger partial charge in [-0.3, -0.25) is 4.40 Å². The normalized spacial score (nSPS) is 11.5. The Labute approximate surface area is 85.2 Å². The van der Waals surface area contributed by atoms with Crippen LogP contribution in [0.3, 0.4) is 0 Å². The van der Waals surface area contributed by atoms with Gasteiger partial charge in [0.1, 0.15) is 5.82 Å². The second-order valence-electron chi connectivity index (χ2n) is 3.17. The first-order valence-corrected chi connectivity index (χ1v) is 5.39. The maximum atomic E-state index is 4.50. The molecular weight excluding hydrogens is 194 g/mol. The van der Waals surface area contributed by atoms with E-state index in [1.54, 1.807) is 0 Å². The average Bonchev–Trinajstić information content (AvgIpc) is 2.75. The Morgan fingerprint density at radius 2 is 2.21 bits per heavy atom. The molecule has 0 amide bonds. The van der Waals surface area contributed by atoms with Crippen LogP contribution in [0.5, 0.6) is 0 Å². The van der Waals surface area contributed by atoms with Crippen LogP contribution in [0, 0.1) is 0 Å². The van der Waals surface area contributed by atoms with Crippen molar-refractivity contribution in [3.63, 3.8) is 0 Å².